The highest BCUT2D eigenvalue weighted by atomic mass is 14.8. The summed E-state index contributed by atoms with van der Waals surface area (Å²) >= 11 is 0. The first-order valence-corrected chi connectivity index (χ1v) is 10.6. The Kier molecular flexibility index (Phi) is 5.16. The van der Waals surface area contributed by atoms with Crippen molar-refractivity contribution >= 4 is 28.0 Å². The SMILES string of the molecule is c1ccc([B-](c2ccccc2)(c2ccccc2)c2ccnc(-c3ccccn3)c2)cc1. The van der Waals surface area contributed by atoms with Crippen molar-refractivity contribution in [3.8, 4) is 11.4 Å². The van der Waals surface area contributed by atoms with E-state index in [0.29, 0.717) is 0 Å². The van der Waals surface area contributed by atoms with Crippen molar-refractivity contribution in [1.82, 2.24) is 9.97 Å². The van der Waals surface area contributed by atoms with Crippen LogP contribution in [0.2, 0.25) is 0 Å². The standard InChI is InChI=1S/C28H22BN2/c1-4-12-23(13-5-1)29(24-14-6-2-7-15-24,25-16-8-3-9-17-25)26-19-21-31-28(22-26)27-18-10-11-20-30-27/h1-22H/q-1. The van der Waals surface area contributed by atoms with Gasteiger partial charge in [0, 0.05) is 12.4 Å². The van der Waals surface area contributed by atoms with E-state index in [4.69, 9.17) is 0 Å². The van der Waals surface area contributed by atoms with Crippen molar-refractivity contribution in [3.05, 3.63) is 134 Å². The highest BCUT2D eigenvalue weighted by Crippen LogP contribution is 2.15. The van der Waals surface area contributed by atoms with Gasteiger partial charge in [0.1, 0.15) is 6.15 Å². The van der Waals surface area contributed by atoms with Crippen LogP contribution in [0.15, 0.2) is 134 Å². The van der Waals surface area contributed by atoms with Gasteiger partial charge in [-0.1, -0.05) is 109 Å². The van der Waals surface area contributed by atoms with Crippen LogP contribution < -0.4 is 21.9 Å². The molecular formula is C28H22BN2-. The maximum absolute atomic E-state index is 4.65. The van der Waals surface area contributed by atoms with Crippen LogP contribution in [-0.2, 0) is 0 Å². The lowest BCUT2D eigenvalue weighted by molar-refractivity contribution is 1.25. The molecule has 0 fully saturated rings. The molecule has 0 spiro atoms. The van der Waals surface area contributed by atoms with Crippen LogP contribution in [0.3, 0.4) is 0 Å². The Morgan fingerprint density at radius 1 is 0.387 bits per heavy atom. The Hall–Kier alpha value is -3.98. The normalized spacial score (nSPS) is 11.2. The summed E-state index contributed by atoms with van der Waals surface area (Å²) < 4.78 is 0. The predicted molar refractivity (Wildman–Crippen MR) is 131 cm³/mol. The van der Waals surface area contributed by atoms with E-state index in [1.807, 2.05) is 30.6 Å². The fraction of sp³-hybridized carbons (Fsp3) is 0. The molecule has 5 rings (SSSR count). The molecule has 0 saturated heterocycles. The van der Waals surface area contributed by atoms with Crippen LogP contribution >= 0.6 is 0 Å². The van der Waals surface area contributed by atoms with Crippen molar-refractivity contribution < 1.29 is 0 Å². The average Bonchev–Trinajstić information content (AvgIpc) is 2.87. The molecule has 0 aliphatic heterocycles. The quantitative estimate of drug-likeness (QED) is 0.424. The number of rotatable bonds is 5. The van der Waals surface area contributed by atoms with E-state index in [0.717, 1.165) is 11.4 Å². The number of nitrogens with zero attached hydrogens (tertiary/aromatic N) is 2. The third-order valence-corrected chi connectivity index (χ3v) is 6.11. The lowest BCUT2D eigenvalue weighted by Crippen LogP contribution is -2.74. The lowest BCUT2D eigenvalue weighted by atomic mass is 9.13. The number of benzene rings is 3. The lowest BCUT2D eigenvalue weighted by Gasteiger charge is -2.44. The van der Waals surface area contributed by atoms with Gasteiger partial charge in [0.15, 0.2) is 0 Å². The monoisotopic (exact) mass is 397 g/mol. The van der Waals surface area contributed by atoms with E-state index >= 15 is 0 Å². The molecule has 31 heavy (non-hydrogen) atoms. The van der Waals surface area contributed by atoms with Crippen LogP contribution in [-0.4, -0.2) is 16.1 Å². The molecule has 148 valence electrons. The molecular weight excluding hydrogens is 375 g/mol. The highest BCUT2D eigenvalue weighted by Gasteiger charge is 2.31. The molecule has 0 radical (unpaired) electrons. The minimum absolute atomic E-state index is 0.878. The van der Waals surface area contributed by atoms with Gasteiger partial charge in [-0.3, -0.25) is 9.97 Å². The molecule has 0 unspecified atom stereocenters. The van der Waals surface area contributed by atoms with Crippen LogP contribution in [0.1, 0.15) is 0 Å². The number of pyridine rings is 2. The number of aromatic nitrogens is 2. The summed E-state index contributed by atoms with van der Waals surface area (Å²) in [6.07, 6.45) is 2.32. The number of hydrogen-bond acceptors (Lipinski definition) is 2. The molecule has 5 aromatic rings. The van der Waals surface area contributed by atoms with Gasteiger partial charge in [-0.15, -0.1) is 0 Å². The maximum Gasteiger partial charge on any atom is 0.108 e. The summed E-state index contributed by atoms with van der Waals surface area (Å²) in [4.78, 5) is 9.19. The van der Waals surface area contributed by atoms with Gasteiger partial charge in [0.25, 0.3) is 0 Å². The summed E-state index contributed by atoms with van der Waals surface area (Å²) in [7, 11) is 0. The van der Waals surface area contributed by atoms with Gasteiger partial charge in [-0.05, 0) is 12.1 Å². The zero-order chi connectivity index (χ0) is 20.9. The molecule has 0 bridgehead atoms. The molecule has 3 aromatic carbocycles. The highest BCUT2D eigenvalue weighted by molar-refractivity contribution is 7.19. The smallest absolute Gasteiger partial charge is 0.108 e. The van der Waals surface area contributed by atoms with Gasteiger partial charge in [-0.2, -0.15) is 21.9 Å². The number of hydrogen-bond donors (Lipinski definition) is 0. The minimum Gasteiger partial charge on any atom is -0.255 e. The average molecular weight is 397 g/mol. The topological polar surface area (TPSA) is 25.8 Å². The van der Waals surface area contributed by atoms with Crippen molar-refractivity contribution in [1.29, 1.82) is 0 Å². The molecule has 0 aliphatic carbocycles. The Bertz CT molecular complexity index is 1160. The van der Waals surface area contributed by atoms with E-state index in [1.54, 1.807) is 0 Å². The van der Waals surface area contributed by atoms with Gasteiger partial charge in [-0.25, -0.2) is 0 Å². The zero-order valence-corrected chi connectivity index (χ0v) is 17.2. The summed E-state index contributed by atoms with van der Waals surface area (Å²) in [6, 6.07) is 42.7. The Morgan fingerprint density at radius 2 is 0.871 bits per heavy atom. The maximum atomic E-state index is 4.65. The molecule has 0 atom stereocenters. The van der Waals surface area contributed by atoms with E-state index in [2.05, 4.69) is 113 Å². The first-order valence-electron chi connectivity index (χ1n) is 10.6. The Balaban J connectivity index is 1.85. The Labute approximate surface area is 183 Å². The van der Waals surface area contributed by atoms with Crippen molar-refractivity contribution in [2.45, 2.75) is 0 Å². The second-order valence-electron chi connectivity index (χ2n) is 7.79. The molecule has 0 saturated carbocycles. The Morgan fingerprint density at radius 3 is 1.35 bits per heavy atom. The van der Waals surface area contributed by atoms with Crippen LogP contribution in [0.5, 0.6) is 0 Å². The van der Waals surface area contributed by atoms with Crippen molar-refractivity contribution in [2.24, 2.45) is 0 Å². The summed E-state index contributed by atoms with van der Waals surface area (Å²) in [6.45, 7) is 0. The molecule has 0 N–H and O–H groups in total. The first kappa shape index (κ1) is 19.0. The second-order valence-corrected chi connectivity index (χ2v) is 7.79. The predicted octanol–water partition coefficient (Wildman–Crippen LogP) is 3.52. The third-order valence-electron chi connectivity index (χ3n) is 6.11. The first-order chi connectivity index (χ1) is 15.4. The third kappa shape index (κ3) is 3.45. The minimum atomic E-state index is -1.40. The molecule has 3 heteroatoms. The van der Waals surface area contributed by atoms with E-state index < -0.39 is 6.15 Å². The summed E-state index contributed by atoms with van der Waals surface area (Å²) in [5.41, 5.74) is 6.81. The fourth-order valence-electron chi connectivity index (χ4n) is 4.75. The van der Waals surface area contributed by atoms with Gasteiger partial charge in [0.2, 0.25) is 0 Å². The van der Waals surface area contributed by atoms with Crippen LogP contribution in [0.4, 0.5) is 0 Å². The fourth-order valence-corrected chi connectivity index (χ4v) is 4.75. The van der Waals surface area contributed by atoms with Gasteiger partial charge in [0.05, 0.1) is 11.4 Å². The van der Waals surface area contributed by atoms with Crippen LogP contribution in [0.25, 0.3) is 11.4 Å². The molecule has 0 amide bonds. The van der Waals surface area contributed by atoms with Gasteiger partial charge < -0.3 is 0 Å². The van der Waals surface area contributed by atoms with Crippen molar-refractivity contribution in [2.75, 3.05) is 0 Å². The molecule has 2 nitrogen and oxygen atoms in total. The van der Waals surface area contributed by atoms with E-state index in [9.17, 15) is 0 Å². The zero-order valence-electron chi connectivity index (χ0n) is 17.2. The summed E-state index contributed by atoms with van der Waals surface area (Å²) in [5, 5.41) is 0. The van der Waals surface area contributed by atoms with Crippen LogP contribution in [0, 0.1) is 0 Å². The van der Waals surface area contributed by atoms with Gasteiger partial charge >= 0.3 is 0 Å². The second kappa shape index (κ2) is 8.41. The van der Waals surface area contributed by atoms with Crippen molar-refractivity contribution in [3.63, 3.8) is 0 Å². The largest absolute Gasteiger partial charge is 0.255 e. The molecule has 0 aliphatic rings. The molecule has 2 heterocycles. The molecule has 2 aromatic heterocycles. The summed E-state index contributed by atoms with van der Waals surface area (Å²) in [5.74, 6) is 0. The van der Waals surface area contributed by atoms with E-state index in [-0.39, 0.29) is 0 Å². The van der Waals surface area contributed by atoms with E-state index in [1.165, 1.54) is 21.9 Å².